The Kier molecular flexibility index (Phi) is 5.86. The molecule has 0 saturated carbocycles. The van der Waals surface area contributed by atoms with Crippen LogP contribution in [0.25, 0.3) is 0 Å². The fourth-order valence-corrected chi connectivity index (χ4v) is 5.62. The molecule has 2 saturated heterocycles. The van der Waals surface area contributed by atoms with E-state index in [4.69, 9.17) is 14.7 Å². The van der Waals surface area contributed by atoms with Crippen molar-refractivity contribution in [3.8, 4) is 11.8 Å². The maximum atomic E-state index is 12.8. The SMILES string of the molecule is CC(=O)NC1S[C@@H]2C(Oc3ccccc3)C(=O)N2C(C(=O)OCC#N)C1(C)Br. The topological polar surface area (TPSA) is 109 Å². The standard InChI is InChI=1S/C18H18BrN3O5S/c1-10(23)21-17-18(2,19)13(16(25)26-9-8-20)22-14(24)12(15(22)28-17)27-11-6-4-3-5-7-11/h3-7,12-13,15,17H,9H2,1-2H3,(H,21,23)/t12?,13?,15-,17?,18?/m1/s1. The highest BCUT2D eigenvalue weighted by Crippen LogP contribution is 2.50. The summed E-state index contributed by atoms with van der Waals surface area (Å²) in [5, 5.41) is 10.5. The molecule has 2 heterocycles. The van der Waals surface area contributed by atoms with Crippen molar-refractivity contribution in [2.45, 2.75) is 41.1 Å². The maximum Gasteiger partial charge on any atom is 0.331 e. The van der Waals surface area contributed by atoms with Crippen molar-refractivity contribution >= 4 is 45.5 Å². The number of para-hydroxylation sites is 1. The predicted molar refractivity (Wildman–Crippen MR) is 104 cm³/mol. The van der Waals surface area contributed by atoms with Gasteiger partial charge in [-0.3, -0.25) is 9.59 Å². The minimum Gasteiger partial charge on any atom is -0.477 e. The minimum absolute atomic E-state index is 0.271. The van der Waals surface area contributed by atoms with Gasteiger partial charge in [-0.05, 0) is 19.1 Å². The molecule has 1 aromatic carbocycles. The number of β-lactam (4-membered cyclic amide) rings is 1. The Labute approximate surface area is 174 Å². The molecule has 2 aliphatic rings. The van der Waals surface area contributed by atoms with E-state index in [1.165, 1.54) is 23.6 Å². The lowest BCUT2D eigenvalue weighted by atomic mass is 9.93. The van der Waals surface area contributed by atoms with Gasteiger partial charge >= 0.3 is 5.97 Å². The Morgan fingerprint density at radius 2 is 2.07 bits per heavy atom. The number of hydrogen-bond acceptors (Lipinski definition) is 7. The Balaban J connectivity index is 1.88. The van der Waals surface area contributed by atoms with Crippen LogP contribution >= 0.6 is 27.7 Å². The third kappa shape index (κ3) is 3.69. The molecule has 5 atom stereocenters. The monoisotopic (exact) mass is 467 g/mol. The first-order chi connectivity index (χ1) is 13.3. The largest absolute Gasteiger partial charge is 0.477 e. The number of hydrogen-bond donors (Lipinski definition) is 1. The van der Waals surface area contributed by atoms with Crippen LogP contribution in [-0.2, 0) is 19.1 Å². The minimum atomic E-state index is -1.02. The highest BCUT2D eigenvalue weighted by molar-refractivity contribution is 9.10. The summed E-state index contributed by atoms with van der Waals surface area (Å²) in [6.45, 7) is 2.66. The second-order valence-electron chi connectivity index (χ2n) is 6.52. The fourth-order valence-electron chi connectivity index (χ4n) is 3.20. The smallest absolute Gasteiger partial charge is 0.331 e. The van der Waals surface area contributed by atoms with Crippen molar-refractivity contribution in [1.29, 1.82) is 5.26 Å². The van der Waals surface area contributed by atoms with Crippen LogP contribution in [-0.4, -0.2) is 56.5 Å². The molecule has 0 radical (unpaired) electrons. The van der Waals surface area contributed by atoms with E-state index in [1.54, 1.807) is 37.3 Å². The molecule has 2 amide bonds. The van der Waals surface area contributed by atoms with Gasteiger partial charge in [0.1, 0.15) is 23.2 Å². The zero-order chi connectivity index (χ0) is 20.5. The highest BCUT2D eigenvalue weighted by atomic mass is 79.9. The maximum absolute atomic E-state index is 12.8. The first-order valence-corrected chi connectivity index (χ1v) is 10.2. The Morgan fingerprint density at radius 1 is 1.39 bits per heavy atom. The molecule has 2 fully saturated rings. The number of carbonyl (C=O) groups excluding carboxylic acids is 3. The number of esters is 1. The Morgan fingerprint density at radius 3 is 2.68 bits per heavy atom. The molecule has 1 aromatic rings. The van der Waals surface area contributed by atoms with Crippen LogP contribution < -0.4 is 10.1 Å². The first kappa shape index (κ1) is 20.5. The number of ether oxygens (including phenoxy) is 2. The predicted octanol–water partition coefficient (Wildman–Crippen LogP) is 1.40. The van der Waals surface area contributed by atoms with Crippen molar-refractivity contribution in [1.82, 2.24) is 10.2 Å². The van der Waals surface area contributed by atoms with E-state index in [-0.39, 0.29) is 11.8 Å². The Bertz CT molecular complexity index is 828. The van der Waals surface area contributed by atoms with Crippen molar-refractivity contribution in [2.24, 2.45) is 0 Å². The van der Waals surface area contributed by atoms with Crippen molar-refractivity contribution in [2.75, 3.05) is 6.61 Å². The summed E-state index contributed by atoms with van der Waals surface area (Å²) in [4.78, 5) is 38.5. The lowest BCUT2D eigenvalue weighted by molar-refractivity contribution is -0.173. The molecular formula is C18H18BrN3O5S. The molecule has 4 unspecified atom stereocenters. The number of alkyl halides is 1. The van der Waals surface area contributed by atoms with Crippen LogP contribution in [0.2, 0.25) is 0 Å². The van der Waals surface area contributed by atoms with Crippen molar-refractivity contribution in [3.63, 3.8) is 0 Å². The van der Waals surface area contributed by atoms with E-state index in [1.807, 2.05) is 6.07 Å². The van der Waals surface area contributed by atoms with Gasteiger partial charge in [0.15, 0.2) is 6.61 Å². The molecule has 0 spiro atoms. The number of carbonyl (C=O) groups is 3. The van der Waals surface area contributed by atoms with E-state index < -0.39 is 39.8 Å². The second-order valence-corrected chi connectivity index (χ2v) is 9.46. The Hall–Kier alpha value is -2.25. The van der Waals surface area contributed by atoms with Gasteiger partial charge in [0.2, 0.25) is 12.0 Å². The summed E-state index contributed by atoms with van der Waals surface area (Å²) in [5.41, 5.74) is 0. The summed E-state index contributed by atoms with van der Waals surface area (Å²) in [6.07, 6.45) is -0.793. The summed E-state index contributed by atoms with van der Waals surface area (Å²) in [7, 11) is 0. The zero-order valence-corrected chi connectivity index (χ0v) is 17.5. The van der Waals surface area contributed by atoms with Gasteiger partial charge in [-0.15, -0.1) is 11.8 Å². The zero-order valence-electron chi connectivity index (χ0n) is 15.1. The van der Waals surface area contributed by atoms with Crippen LogP contribution in [0.15, 0.2) is 30.3 Å². The number of nitrogens with one attached hydrogen (secondary N) is 1. The normalized spacial score (nSPS) is 31.1. The lowest BCUT2D eigenvalue weighted by Crippen LogP contribution is -2.78. The summed E-state index contributed by atoms with van der Waals surface area (Å²) in [6, 6.07) is 9.62. The average Bonchev–Trinajstić information content (AvgIpc) is 2.66. The van der Waals surface area contributed by atoms with Gasteiger partial charge in [-0.1, -0.05) is 34.1 Å². The average molecular weight is 468 g/mol. The second kappa shape index (κ2) is 8.01. The number of thioether (sulfide) groups is 1. The number of amides is 2. The number of benzene rings is 1. The van der Waals surface area contributed by atoms with Gasteiger partial charge in [-0.2, -0.15) is 5.26 Å². The van der Waals surface area contributed by atoms with Gasteiger partial charge in [0.25, 0.3) is 5.91 Å². The molecule has 10 heteroatoms. The molecule has 0 bridgehead atoms. The van der Waals surface area contributed by atoms with Crippen LogP contribution in [0.3, 0.4) is 0 Å². The van der Waals surface area contributed by atoms with Crippen molar-refractivity contribution < 1.29 is 23.9 Å². The van der Waals surface area contributed by atoms with E-state index in [0.29, 0.717) is 5.75 Å². The van der Waals surface area contributed by atoms with Gasteiger partial charge in [-0.25, -0.2) is 4.79 Å². The molecule has 28 heavy (non-hydrogen) atoms. The summed E-state index contributed by atoms with van der Waals surface area (Å²) >= 11 is 4.83. The van der Waals surface area contributed by atoms with Crippen LogP contribution in [0.1, 0.15) is 13.8 Å². The van der Waals surface area contributed by atoms with Gasteiger partial charge < -0.3 is 19.7 Å². The highest BCUT2D eigenvalue weighted by Gasteiger charge is 2.65. The number of halogens is 1. The van der Waals surface area contributed by atoms with Crippen LogP contribution in [0.4, 0.5) is 0 Å². The van der Waals surface area contributed by atoms with Gasteiger partial charge in [0.05, 0.1) is 9.70 Å². The van der Waals surface area contributed by atoms with E-state index in [0.717, 1.165) is 0 Å². The van der Waals surface area contributed by atoms with E-state index in [9.17, 15) is 14.4 Å². The fraction of sp³-hybridized carbons (Fsp3) is 0.444. The quantitative estimate of drug-likeness (QED) is 0.395. The number of fused-ring (bicyclic) bond motifs is 1. The summed E-state index contributed by atoms with van der Waals surface area (Å²) < 4.78 is 9.81. The molecule has 148 valence electrons. The van der Waals surface area contributed by atoms with Crippen LogP contribution in [0, 0.1) is 11.3 Å². The molecule has 1 N–H and O–H groups in total. The third-order valence-electron chi connectivity index (χ3n) is 4.47. The first-order valence-electron chi connectivity index (χ1n) is 8.46. The van der Waals surface area contributed by atoms with E-state index in [2.05, 4.69) is 21.2 Å². The third-order valence-corrected chi connectivity index (χ3v) is 7.30. The number of rotatable bonds is 5. The number of nitriles is 1. The van der Waals surface area contributed by atoms with E-state index >= 15 is 0 Å². The molecule has 8 nitrogen and oxygen atoms in total. The molecule has 2 aliphatic heterocycles. The number of nitrogens with zero attached hydrogens (tertiary/aromatic N) is 2. The van der Waals surface area contributed by atoms with Crippen LogP contribution in [0.5, 0.6) is 5.75 Å². The molecule has 0 aromatic heterocycles. The van der Waals surface area contributed by atoms with Crippen molar-refractivity contribution in [3.05, 3.63) is 30.3 Å². The molecule has 3 rings (SSSR count). The lowest BCUT2D eigenvalue weighted by Gasteiger charge is -2.58. The summed E-state index contributed by atoms with van der Waals surface area (Å²) in [5.74, 6) is -0.805. The van der Waals surface area contributed by atoms with Gasteiger partial charge in [0, 0.05) is 6.92 Å². The molecular weight excluding hydrogens is 450 g/mol. The molecule has 0 aliphatic carbocycles.